The maximum Gasteiger partial charge on any atom is 0.255 e. The van der Waals surface area contributed by atoms with E-state index in [0.29, 0.717) is 17.5 Å². The van der Waals surface area contributed by atoms with Crippen molar-refractivity contribution in [3.8, 4) is 5.75 Å². The zero-order valence-corrected chi connectivity index (χ0v) is 24.5. The number of primary amides is 1. The quantitative estimate of drug-likeness (QED) is 0.306. The maximum atomic E-state index is 14.1. The Morgan fingerprint density at radius 3 is 2.40 bits per heavy atom. The number of aliphatic hydroxyl groups is 3. The van der Waals surface area contributed by atoms with Crippen LogP contribution in [0.2, 0.25) is 0 Å². The second kappa shape index (κ2) is 10.3. The second-order valence-electron chi connectivity index (χ2n) is 12.1. The fourth-order valence-electron chi connectivity index (χ4n) is 7.15. The average molecular weight is 579 g/mol. The van der Waals surface area contributed by atoms with Crippen LogP contribution in [-0.4, -0.2) is 87.2 Å². The molecule has 3 aliphatic rings. The largest absolute Gasteiger partial charge is 0.508 e. The van der Waals surface area contributed by atoms with Crippen LogP contribution in [0.1, 0.15) is 35.2 Å². The number of hydrogen-bond donors (Lipinski definition) is 5. The summed E-state index contributed by atoms with van der Waals surface area (Å²) in [6, 6.07) is 4.79. The first-order valence-corrected chi connectivity index (χ1v) is 14.0. The van der Waals surface area contributed by atoms with E-state index >= 15 is 0 Å². The molecule has 3 aliphatic carbocycles. The van der Waals surface area contributed by atoms with Crippen molar-refractivity contribution in [1.82, 2.24) is 9.47 Å². The molecule has 1 saturated carbocycles. The number of phenolic OH excluding ortho intramolecular Hbond substituents is 1. The van der Waals surface area contributed by atoms with E-state index in [1.807, 2.05) is 55.0 Å². The van der Waals surface area contributed by atoms with Crippen LogP contribution in [0, 0.1) is 11.8 Å². The van der Waals surface area contributed by atoms with Crippen molar-refractivity contribution in [3.05, 3.63) is 63.7 Å². The molecule has 1 fully saturated rings. The summed E-state index contributed by atoms with van der Waals surface area (Å²) >= 11 is 0. The molecular formula is C31H38N4O7. The first-order chi connectivity index (χ1) is 19.7. The van der Waals surface area contributed by atoms with Gasteiger partial charge >= 0.3 is 0 Å². The number of anilines is 1. The van der Waals surface area contributed by atoms with Gasteiger partial charge in [0, 0.05) is 50.2 Å². The SMILES string of the molecule is CN(C)c1cc(CCCc2cccn2C)c(O)c2c1C[C@@H]1C[C@@H]3[C@@H](N(C)C)C(=O)C(C(N)=O)=C(O)[C@]3(O)C(=O)C1=C2O. The van der Waals surface area contributed by atoms with E-state index < -0.39 is 58.0 Å². The van der Waals surface area contributed by atoms with Crippen molar-refractivity contribution < 1.29 is 34.8 Å². The van der Waals surface area contributed by atoms with Crippen LogP contribution >= 0.6 is 0 Å². The van der Waals surface area contributed by atoms with Crippen LogP contribution in [0.15, 0.2) is 41.3 Å². The van der Waals surface area contributed by atoms with E-state index in [-0.39, 0.29) is 29.7 Å². The molecule has 0 unspecified atom stereocenters. The number of nitrogens with two attached hydrogens (primary N) is 1. The van der Waals surface area contributed by atoms with E-state index in [4.69, 9.17) is 5.73 Å². The topological polar surface area (TPSA) is 170 Å². The summed E-state index contributed by atoms with van der Waals surface area (Å²) in [5.74, 6) is -6.47. The van der Waals surface area contributed by atoms with Gasteiger partial charge in [-0.2, -0.15) is 0 Å². The third-order valence-electron chi connectivity index (χ3n) is 9.19. The molecule has 1 aromatic heterocycles. The predicted molar refractivity (Wildman–Crippen MR) is 156 cm³/mol. The van der Waals surface area contributed by atoms with Crippen molar-refractivity contribution in [1.29, 1.82) is 0 Å². The van der Waals surface area contributed by atoms with Crippen molar-refractivity contribution in [2.45, 2.75) is 43.7 Å². The highest BCUT2D eigenvalue weighted by Crippen LogP contribution is 2.54. The number of aryl methyl sites for hydroxylation is 3. The summed E-state index contributed by atoms with van der Waals surface area (Å²) in [5, 5.41) is 45.9. The number of hydrogen-bond acceptors (Lipinski definition) is 9. The first-order valence-electron chi connectivity index (χ1n) is 14.0. The third kappa shape index (κ3) is 4.21. The number of fused-ring (bicyclic) bond motifs is 3. The van der Waals surface area contributed by atoms with Gasteiger partial charge < -0.3 is 35.6 Å². The molecule has 1 heterocycles. The lowest BCUT2D eigenvalue weighted by Crippen LogP contribution is -2.65. The second-order valence-corrected chi connectivity index (χ2v) is 12.1. The number of carbonyl (C=O) groups excluding carboxylic acids is 3. The summed E-state index contributed by atoms with van der Waals surface area (Å²) in [6.45, 7) is 0. The number of phenols is 1. The molecule has 1 amide bonds. The van der Waals surface area contributed by atoms with E-state index in [9.17, 15) is 34.8 Å². The number of amides is 1. The number of aromatic nitrogens is 1. The van der Waals surface area contributed by atoms with Crippen molar-refractivity contribution in [3.63, 3.8) is 0 Å². The molecule has 5 rings (SSSR count). The number of nitrogens with zero attached hydrogens (tertiary/aromatic N) is 3. The zero-order valence-electron chi connectivity index (χ0n) is 24.5. The Hall–Kier alpha value is -4.09. The van der Waals surface area contributed by atoms with Gasteiger partial charge in [-0.1, -0.05) is 0 Å². The molecule has 0 bridgehead atoms. The number of rotatable bonds is 7. The fourth-order valence-corrected chi connectivity index (χ4v) is 7.15. The summed E-state index contributed by atoms with van der Waals surface area (Å²) in [7, 11) is 8.84. The lowest BCUT2D eigenvalue weighted by molar-refractivity contribution is -0.153. The van der Waals surface area contributed by atoms with Gasteiger partial charge in [-0.25, -0.2) is 0 Å². The van der Waals surface area contributed by atoms with Gasteiger partial charge in [0.25, 0.3) is 5.91 Å². The minimum Gasteiger partial charge on any atom is -0.508 e. The molecular weight excluding hydrogens is 540 g/mol. The summed E-state index contributed by atoms with van der Waals surface area (Å²) in [4.78, 5) is 42.9. The standard InChI is InChI=1S/C31H38N4O7/c1-33(2)20-14-15(8-6-9-17-10-7-11-35(17)5)25(36)22-18(20)12-16-13-19-24(34(3)4)27(38)23(30(32)41)29(40)31(19,42)28(39)21(16)26(22)37/h7,10-11,14,16,19,24,36-37,40,42H,6,8-9,12-13H2,1-5H3,(H2,32,41)/t16-,19-,24-,31-/m1/s1. The molecule has 0 radical (unpaired) electrons. The predicted octanol–water partition coefficient (Wildman–Crippen LogP) is 1.54. The smallest absolute Gasteiger partial charge is 0.255 e. The number of ketones is 2. The lowest BCUT2D eigenvalue weighted by atomic mass is 9.57. The first kappa shape index (κ1) is 29.4. The maximum absolute atomic E-state index is 14.1. The molecule has 42 heavy (non-hydrogen) atoms. The van der Waals surface area contributed by atoms with Gasteiger partial charge in [0.1, 0.15) is 22.8 Å². The Kier molecular flexibility index (Phi) is 7.23. The zero-order chi connectivity index (χ0) is 30.8. The number of aliphatic hydroxyl groups excluding tert-OH is 2. The molecule has 0 saturated heterocycles. The molecule has 11 nitrogen and oxygen atoms in total. The third-order valence-corrected chi connectivity index (χ3v) is 9.19. The fraction of sp³-hybridized carbons (Fsp3) is 0.452. The Morgan fingerprint density at radius 2 is 1.83 bits per heavy atom. The van der Waals surface area contributed by atoms with Crippen LogP contribution < -0.4 is 10.6 Å². The van der Waals surface area contributed by atoms with Gasteiger partial charge in [-0.05, 0) is 81.4 Å². The van der Waals surface area contributed by atoms with Gasteiger partial charge in [0.05, 0.1) is 11.6 Å². The monoisotopic (exact) mass is 578 g/mol. The summed E-state index contributed by atoms with van der Waals surface area (Å²) in [6.07, 6.45) is 4.29. The number of benzene rings is 1. The van der Waals surface area contributed by atoms with E-state index in [1.165, 1.54) is 4.90 Å². The number of Topliss-reactive ketones (excluding diaryl/α,β-unsaturated/α-hetero) is 2. The molecule has 4 atom stereocenters. The van der Waals surface area contributed by atoms with E-state index in [2.05, 4.69) is 0 Å². The molecule has 0 aliphatic heterocycles. The molecule has 224 valence electrons. The van der Waals surface area contributed by atoms with Gasteiger partial charge in [-0.15, -0.1) is 0 Å². The van der Waals surface area contributed by atoms with Crippen molar-refractivity contribution >= 4 is 28.9 Å². The minimum atomic E-state index is -2.66. The Balaban J connectivity index is 1.63. The minimum absolute atomic E-state index is 0.0534. The van der Waals surface area contributed by atoms with Crippen molar-refractivity contribution in [2.75, 3.05) is 33.1 Å². The molecule has 2 aromatic rings. The van der Waals surface area contributed by atoms with Gasteiger partial charge in [0.2, 0.25) is 5.78 Å². The summed E-state index contributed by atoms with van der Waals surface area (Å²) in [5.41, 5.74) is 5.06. The molecule has 11 heteroatoms. The number of carbonyl (C=O) groups is 3. The van der Waals surface area contributed by atoms with Crippen LogP contribution in [0.4, 0.5) is 5.69 Å². The number of aromatic hydroxyl groups is 1. The van der Waals surface area contributed by atoms with E-state index in [1.54, 1.807) is 14.1 Å². The average Bonchev–Trinajstić information content (AvgIpc) is 3.31. The highest BCUT2D eigenvalue weighted by atomic mass is 16.3. The van der Waals surface area contributed by atoms with Gasteiger partial charge in [0.15, 0.2) is 11.4 Å². The summed E-state index contributed by atoms with van der Waals surface area (Å²) < 4.78 is 2.04. The Bertz CT molecular complexity index is 1570. The Labute approximate surface area is 244 Å². The van der Waals surface area contributed by atoms with E-state index in [0.717, 1.165) is 24.2 Å². The van der Waals surface area contributed by atoms with Gasteiger partial charge in [-0.3, -0.25) is 19.3 Å². The molecule has 6 N–H and O–H groups in total. The van der Waals surface area contributed by atoms with Crippen LogP contribution in [-0.2, 0) is 40.7 Å². The van der Waals surface area contributed by atoms with Crippen LogP contribution in [0.25, 0.3) is 5.76 Å². The highest BCUT2D eigenvalue weighted by molar-refractivity contribution is 6.24. The highest BCUT2D eigenvalue weighted by Gasteiger charge is 2.64. The molecule has 0 spiro atoms. The van der Waals surface area contributed by atoms with Crippen molar-refractivity contribution in [2.24, 2.45) is 24.6 Å². The molecule has 1 aromatic carbocycles. The Morgan fingerprint density at radius 1 is 1.14 bits per heavy atom. The van der Waals surface area contributed by atoms with Crippen LogP contribution in [0.3, 0.4) is 0 Å². The number of likely N-dealkylation sites (N-methyl/N-ethyl adjacent to an activating group) is 1. The lowest BCUT2D eigenvalue weighted by Gasteiger charge is -2.50. The normalized spacial score (nSPS) is 25.5. The van der Waals surface area contributed by atoms with Crippen LogP contribution in [0.5, 0.6) is 5.75 Å².